The van der Waals surface area contributed by atoms with Gasteiger partial charge in [-0.15, -0.1) is 0 Å². The lowest BCUT2D eigenvalue weighted by Gasteiger charge is -2.14. The van der Waals surface area contributed by atoms with E-state index in [-0.39, 0.29) is 19.4 Å². The van der Waals surface area contributed by atoms with Gasteiger partial charge in [0.15, 0.2) is 0 Å². The molecule has 0 aliphatic heterocycles. The highest BCUT2D eigenvalue weighted by Gasteiger charge is 2.20. The highest BCUT2D eigenvalue weighted by atomic mass is 16.4. The first kappa shape index (κ1) is 15.5. The van der Waals surface area contributed by atoms with Crippen molar-refractivity contribution in [2.24, 2.45) is 0 Å². The van der Waals surface area contributed by atoms with E-state index >= 15 is 0 Å². The van der Waals surface area contributed by atoms with E-state index in [1.165, 1.54) is 0 Å². The number of para-hydroxylation sites is 1. The molecule has 0 bridgehead atoms. The molecular formula is C13H16N2O5. The van der Waals surface area contributed by atoms with E-state index in [9.17, 15) is 14.4 Å². The van der Waals surface area contributed by atoms with Crippen LogP contribution in [-0.2, 0) is 14.4 Å². The summed E-state index contributed by atoms with van der Waals surface area (Å²) in [5, 5.41) is 22.5. The summed E-state index contributed by atoms with van der Waals surface area (Å²) < 4.78 is 0. The Balaban J connectivity index is 2.41. The Labute approximate surface area is 115 Å². The molecule has 0 aliphatic rings. The predicted octanol–water partition coefficient (Wildman–Crippen LogP) is 0.533. The van der Waals surface area contributed by atoms with Gasteiger partial charge in [-0.25, -0.2) is 4.79 Å². The number of hydrogen-bond acceptors (Lipinski definition) is 4. The molecule has 7 heteroatoms. The Morgan fingerprint density at radius 3 is 2.30 bits per heavy atom. The van der Waals surface area contributed by atoms with Crippen molar-refractivity contribution in [2.75, 3.05) is 11.9 Å². The quantitative estimate of drug-likeness (QED) is 0.552. The second-order valence-electron chi connectivity index (χ2n) is 4.11. The fraction of sp³-hybridized carbons (Fsp3) is 0.308. The van der Waals surface area contributed by atoms with Crippen molar-refractivity contribution in [3.8, 4) is 0 Å². The third-order valence-electron chi connectivity index (χ3n) is 2.51. The summed E-state index contributed by atoms with van der Waals surface area (Å²) in [6, 6.07) is 7.77. The number of benzene rings is 1. The van der Waals surface area contributed by atoms with Crippen LogP contribution in [-0.4, -0.2) is 40.6 Å². The Hall–Kier alpha value is -2.57. The highest BCUT2D eigenvalue weighted by Crippen LogP contribution is 2.04. The maximum atomic E-state index is 11.6. The summed E-state index contributed by atoms with van der Waals surface area (Å²) >= 11 is 0. The first-order chi connectivity index (χ1) is 9.49. The molecule has 0 radical (unpaired) electrons. The molecule has 1 amide bonds. The van der Waals surface area contributed by atoms with Gasteiger partial charge in [0.05, 0.1) is 6.54 Å². The van der Waals surface area contributed by atoms with E-state index in [1.54, 1.807) is 24.3 Å². The molecule has 1 atom stereocenters. The third-order valence-corrected chi connectivity index (χ3v) is 2.51. The van der Waals surface area contributed by atoms with Crippen molar-refractivity contribution < 1.29 is 24.6 Å². The van der Waals surface area contributed by atoms with Gasteiger partial charge in [0, 0.05) is 12.1 Å². The number of carboxylic acid groups (broad SMARTS) is 2. The van der Waals surface area contributed by atoms with E-state index in [4.69, 9.17) is 10.2 Å². The van der Waals surface area contributed by atoms with Crippen LogP contribution in [0.1, 0.15) is 12.8 Å². The minimum Gasteiger partial charge on any atom is -0.481 e. The minimum atomic E-state index is -1.25. The molecular weight excluding hydrogens is 264 g/mol. The molecule has 0 aliphatic carbocycles. The monoisotopic (exact) mass is 280 g/mol. The third kappa shape index (κ3) is 5.85. The van der Waals surface area contributed by atoms with Crippen molar-refractivity contribution in [1.82, 2.24) is 5.32 Å². The Morgan fingerprint density at radius 2 is 1.75 bits per heavy atom. The number of hydrogen-bond donors (Lipinski definition) is 4. The number of rotatable bonds is 8. The van der Waals surface area contributed by atoms with Gasteiger partial charge in [0.1, 0.15) is 6.04 Å². The van der Waals surface area contributed by atoms with Gasteiger partial charge in [0.2, 0.25) is 5.91 Å². The molecule has 1 rings (SSSR count). The maximum absolute atomic E-state index is 11.6. The number of carbonyl (C=O) groups is 3. The molecule has 1 aromatic carbocycles. The summed E-state index contributed by atoms with van der Waals surface area (Å²) in [5.41, 5.74) is 0.736. The number of anilines is 1. The molecule has 4 N–H and O–H groups in total. The first-order valence-electron chi connectivity index (χ1n) is 6.02. The van der Waals surface area contributed by atoms with Crippen LogP contribution in [0.4, 0.5) is 5.69 Å². The summed E-state index contributed by atoms with van der Waals surface area (Å²) in [6.45, 7) is -0.0825. The zero-order valence-electron chi connectivity index (χ0n) is 10.7. The number of carboxylic acids is 2. The second-order valence-corrected chi connectivity index (χ2v) is 4.11. The molecule has 0 saturated heterocycles. The molecule has 0 unspecified atom stereocenters. The molecule has 20 heavy (non-hydrogen) atoms. The number of amides is 1. The zero-order valence-corrected chi connectivity index (χ0v) is 10.7. The van der Waals surface area contributed by atoms with Gasteiger partial charge in [-0.05, 0) is 18.6 Å². The van der Waals surface area contributed by atoms with Crippen LogP contribution in [0.25, 0.3) is 0 Å². The normalized spacial score (nSPS) is 11.4. The fourth-order valence-corrected chi connectivity index (χ4v) is 1.51. The summed E-state index contributed by atoms with van der Waals surface area (Å²) in [7, 11) is 0. The van der Waals surface area contributed by atoms with Crippen molar-refractivity contribution in [2.45, 2.75) is 18.9 Å². The Bertz CT molecular complexity index is 475. The van der Waals surface area contributed by atoms with Crippen molar-refractivity contribution in [1.29, 1.82) is 0 Å². The predicted molar refractivity (Wildman–Crippen MR) is 71.4 cm³/mol. The second kappa shape index (κ2) is 7.78. The largest absolute Gasteiger partial charge is 0.481 e. The van der Waals surface area contributed by atoms with Crippen LogP contribution >= 0.6 is 0 Å². The van der Waals surface area contributed by atoms with E-state index in [0.29, 0.717) is 0 Å². The topological polar surface area (TPSA) is 116 Å². The summed E-state index contributed by atoms with van der Waals surface area (Å²) in [4.78, 5) is 32.9. The summed E-state index contributed by atoms with van der Waals surface area (Å²) in [6.07, 6.45) is -0.467. The number of nitrogens with one attached hydrogen (secondary N) is 2. The average Bonchev–Trinajstić information content (AvgIpc) is 2.41. The number of aliphatic carboxylic acids is 2. The standard InChI is InChI=1S/C13H16N2O5/c16-11(8-14-9-4-2-1-3-5-9)15-10(13(19)20)6-7-12(17)18/h1-5,10,14H,6-8H2,(H,15,16)(H,17,18)(H,19,20)/t10-/m0/s1. The zero-order chi connectivity index (χ0) is 15.0. The molecule has 0 saturated carbocycles. The summed E-state index contributed by atoms with van der Waals surface area (Å²) in [5.74, 6) is -2.86. The lowest BCUT2D eigenvalue weighted by Crippen LogP contribution is -2.43. The highest BCUT2D eigenvalue weighted by molar-refractivity contribution is 5.86. The van der Waals surface area contributed by atoms with Crippen LogP contribution in [0.3, 0.4) is 0 Å². The lowest BCUT2D eigenvalue weighted by atomic mass is 10.1. The van der Waals surface area contributed by atoms with Crippen molar-refractivity contribution >= 4 is 23.5 Å². The molecule has 0 aromatic heterocycles. The smallest absolute Gasteiger partial charge is 0.326 e. The van der Waals surface area contributed by atoms with Crippen LogP contribution in [0.5, 0.6) is 0 Å². The van der Waals surface area contributed by atoms with Crippen LogP contribution in [0, 0.1) is 0 Å². The maximum Gasteiger partial charge on any atom is 0.326 e. The van der Waals surface area contributed by atoms with Gasteiger partial charge in [-0.1, -0.05) is 18.2 Å². The SMILES string of the molecule is O=C(O)CC[C@H](NC(=O)CNc1ccccc1)C(=O)O. The van der Waals surface area contributed by atoms with Gasteiger partial charge in [-0.3, -0.25) is 9.59 Å². The van der Waals surface area contributed by atoms with E-state index in [0.717, 1.165) is 5.69 Å². The average molecular weight is 280 g/mol. The van der Waals surface area contributed by atoms with Crippen molar-refractivity contribution in [3.05, 3.63) is 30.3 Å². The van der Waals surface area contributed by atoms with E-state index < -0.39 is 23.9 Å². The minimum absolute atomic E-state index is 0.0825. The van der Waals surface area contributed by atoms with Gasteiger partial charge >= 0.3 is 11.9 Å². The fourth-order valence-electron chi connectivity index (χ4n) is 1.51. The molecule has 7 nitrogen and oxygen atoms in total. The molecule has 0 heterocycles. The van der Waals surface area contributed by atoms with E-state index in [2.05, 4.69) is 10.6 Å². The Morgan fingerprint density at radius 1 is 1.10 bits per heavy atom. The van der Waals surface area contributed by atoms with Gasteiger partial charge in [0.25, 0.3) is 0 Å². The lowest BCUT2D eigenvalue weighted by molar-refractivity contribution is -0.142. The molecule has 108 valence electrons. The molecule has 1 aromatic rings. The first-order valence-corrected chi connectivity index (χ1v) is 6.02. The van der Waals surface area contributed by atoms with Crippen LogP contribution < -0.4 is 10.6 Å². The van der Waals surface area contributed by atoms with Crippen molar-refractivity contribution in [3.63, 3.8) is 0 Å². The molecule has 0 spiro atoms. The Kier molecular flexibility index (Phi) is 6.02. The molecule has 0 fully saturated rings. The van der Waals surface area contributed by atoms with Crippen LogP contribution in [0.15, 0.2) is 30.3 Å². The van der Waals surface area contributed by atoms with E-state index in [1.807, 2.05) is 6.07 Å². The van der Waals surface area contributed by atoms with Crippen LogP contribution in [0.2, 0.25) is 0 Å². The number of carbonyl (C=O) groups excluding carboxylic acids is 1. The van der Waals surface area contributed by atoms with Gasteiger partial charge in [-0.2, -0.15) is 0 Å². The van der Waals surface area contributed by atoms with Gasteiger partial charge < -0.3 is 20.8 Å².